The van der Waals surface area contributed by atoms with Gasteiger partial charge in [-0.05, 0) is 49.2 Å². The summed E-state index contributed by atoms with van der Waals surface area (Å²) >= 11 is 7.50. The van der Waals surface area contributed by atoms with Crippen LogP contribution in [0.4, 0.5) is 5.69 Å². The third kappa shape index (κ3) is 4.77. The van der Waals surface area contributed by atoms with Gasteiger partial charge in [-0.15, -0.1) is 0 Å². The van der Waals surface area contributed by atoms with Gasteiger partial charge in [0.2, 0.25) is 5.91 Å². The lowest BCUT2D eigenvalue weighted by atomic mass is 10.1. The molecule has 0 spiro atoms. The normalized spacial score (nSPS) is 11.9. The highest BCUT2D eigenvalue weighted by molar-refractivity contribution is 8.00. The molecular weight excluding hydrogens is 408 g/mol. The van der Waals surface area contributed by atoms with E-state index in [4.69, 9.17) is 26.1 Å². The van der Waals surface area contributed by atoms with Crippen molar-refractivity contribution in [1.29, 1.82) is 0 Å². The number of para-hydroxylation sites is 1. The van der Waals surface area contributed by atoms with Crippen LogP contribution in [-0.4, -0.2) is 30.4 Å². The summed E-state index contributed by atoms with van der Waals surface area (Å²) in [7, 11) is 3.19. The fourth-order valence-electron chi connectivity index (χ4n) is 3.05. The number of rotatable bonds is 7. The number of aromatic nitrogens is 1. The maximum Gasteiger partial charge on any atom is 0.238 e. The number of nitrogens with one attached hydrogen (secondary N) is 1. The Morgan fingerprint density at radius 2 is 1.93 bits per heavy atom. The Labute approximate surface area is 179 Å². The molecule has 3 rings (SSSR count). The summed E-state index contributed by atoms with van der Waals surface area (Å²) in [4.78, 5) is 17.7. The highest BCUT2D eigenvalue weighted by Gasteiger charge is 2.21. The van der Waals surface area contributed by atoms with E-state index in [0.717, 1.165) is 21.5 Å². The van der Waals surface area contributed by atoms with E-state index in [0.29, 0.717) is 28.6 Å². The second kappa shape index (κ2) is 9.37. The molecule has 0 aliphatic heterocycles. The summed E-state index contributed by atoms with van der Waals surface area (Å²) < 4.78 is 10.8. The van der Waals surface area contributed by atoms with E-state index in [1.54, 1.807) is 32.4 Å². The van der Waals surface area contributed by atoms with Crippen molar-refractivity contribution in [1.82, 2.24) is 4.98 Å². The average Bonchev–Trinajstić information content (AvgIpc) is 2.71. The predicted molar refractivity (Wildman–Crippen MR) is 120 cm³/mol. The molecule has 0 saturated heterocycles. The van der Waals surface area contributed by atoms with Gasteiger partial charge in [-0.25, -0.2) is 4.98 Å². The molecule has 0 aliphatic carbocycles. The van der Waals surface area contributed by atoms with E-state index in [1.807, 2.05) is 38.1 Å². The highest BCUT2D eigenvalue weighted by Crippen LogP contribution is 2.33. The van der Waals surface area contributed by atoms with E-state index < -0.39 is 0 Å². The molecule has 1 heterocycles. The monoisotopic (exact) mass is 430 g/mol. The van der Waals surface area contributed by atoms with Crippen LogP contribution >= 0.6 is 23.4 Å². The van der Waals surface area contributed by atoms with Gasteiger partial charge in [-0.1, -0.05) is 42.4 Å². The van der Waals surface area contributed by atoms with E-state index in [1.165, 1.54) is 11.8 Å². The minimum Gasteiger partial charge on any atom is -0.495 e. The number of benzene rings is 2. The van der Waals surface area contributed by atoms with E-state index >= 15 is 0 Å². The van der Waals surface area contributed by atoms with E-state index in [2.05, 4.69) is 5.32 Å². The van der Waals surface area contributed by atoms with Crippen molar-refractivity contribution in [2.45, 2.75) is 30.5 Å². The Kier molecular flexibility index (Phi) is 6.87. The molecule has 0 radical (unpaired) electrons. The van der Waals surface area contributed by atoms with Gasteiger partial charge < -0.3 is 14.8 Å². The number of carbonyl (C=O) groups excluding carboxylic acids is 1. The van der Waals surface area contributed by atoms with Crippen molar-refractivity contribution < 1.29 is 14.3 Å². The fraction of sp³-hybridized carbons (Fsp3) is 0.273. The first-order valence-corrected chi connectivity index (χ1v) is 10.5. The van der Waals surface area contributed by atoms with Crippen LogP contribution in [0, 0.1) is 6.92 Å². The van der Waals surface area contributed by atoms with E-state index in [-0.39, 0.29) is 11.2 Å². The van der Waals surface area contributed by atoms with Gasteiger partial charge in [0.05, 0.1) is 30.2 Å². The third-order valence-electron chi connectivity index (χ3n) is 4.55. The largest absolute Gasteiger partial charge is 0.495 e. The van der Waals surface area contributed by atoms with Crippen LogP contribution in [0.3, 0.4) is 0 Å². The van der Waals surface area contributed by atoms with Gasteiger partial charge in [-0.2, -0.15) is 0 Å². The van der Waals surface area contributed by atoms with Crippen molar-refractivity contribution in [2.24, 2.45) is 0 Å². The predicted octanol–water partition coefficient (Wildman–Crippen LogP) is 5.72. The van der Waals surface area contributed by atoms with Crippen LogP contribution in [0.15, 0.2) is 47.5 Å². The molecule has 29 heavy (non-hydrogen) atoms. The summed E-state index contributed by atoms with van der Waals surface area (Å²) in [6.07, 6.45) is 0.643. The minimum absolute atomic E-state index is 0.127. The number of halogens is 1. The Morgan fingerprint density at radius 1 is 1.17 bits per heavy atom. The summed E-state index contributed by atoms with van der Waals surface area (Å²) in [5, 5.41) is 4.95. The van der Waals surface area contributed by atoms with Crippen LogP contribution in [0.1, 0.15) is 18.9 Å². The van der Waals surface area contributed by atoms with Crippen LogP contribution in [0.2, 0.25) is 5.02 Å². The van der Waals surface area contributed by atoms with Gasteiger partial charge in [0, 0.05) is 10.4 Å². The van der Waals surface area contributed by atoms with Crippen LogP contribution in [-0.2, 0) is 4.79 Å². The molecule has 5 nitrogen and oxygen atoms in total. The maximum atomic E-state index is 12.9. The fourth-order valence-corrected chi connectivity index (χ4v) is 4.23. The van der Waals surface area contributed by atoms with Crippen LogP contribution < -0.4 is 14.8 Å². The number of hydrogen-bond acceptors (Lipinski definition) is 5. The number of nitrogens with zero attached hydrogens (tertiary/aromatic N) is 1. The van der Waals surface area contributed by atoms with Crippen molar-refractivity contribution in [3.05, 3.63) is 53.1 Å². The lowest BCUT2D eigenvalue weighted by Gasteiger charge is -2.17. The zero-order valence-corrected chi connectivity index (χ0v) is 18.4. The SMILES string of the molecule is CCC(Sc1cc(C)c2cccc(OC)c2n1)C(=O)Nc1cc(Cl)ccc1OC. The van der Waals surface area contributed by atoms with Gasteiger partial charge >= 0.3 is 0 Å². The van der Waals surface area contributed by atoms with Crippen LogP contribution in [0.25, 0.3) is 10.9 Å². The zero-order chi connectivity index (χ0) is 21.0. The van der Waals surface area contributed by atoms with Gasteiger partial charge in [-0.3, -0.25) is 4.79 Å². The summed E-state index contributed by atoms with van der Waals surface area (Å²) in [6, 6.07) is 13.0. The molecule has 1 unspecified atom stereocenters. The lowest BCUT2D eigenvalue weighted by molar-refractivity contribution is -0.115. The van der Waals surface area contributed by atoms with Gasteiger partial charge in [0.15, 0.2) is 0 Å². The average molecular weight is 431 g/mol. The first-order chi connectivity index (χ1) is 14.0. The topological polar surface area (TPSA) is 60.5 Å². The first-order valence-electron chi connectivity index (χ1n) is 9.22. The number of anilines is 1. The lowest BCUT2D eigenvalue weighted by Crippen LogP contribution is -2.25. The molecule has 3 aromatic rings. The second-order valence-electron chi connectivity index (χ2n) is 6.48. The number of aryl methyl sites for hydroxylation is 1. The number of thioether (sulfide) groups is 1. The smallest absolute Gasteiger partial charge is 0.238 e. The minimum atomic E-state index is -0.322. The molecule has 7 heteroatoms. The summed E-state index contributed by atoms with van der Waals surface area (Å²) in [5.41, 5.74) is 2.43. The van der Waals surface area contributed by atoms with Crippen LogP contribution in [0.5, 0.6) is 11.5 Å². The molecule has 0 aliphatic rings. The molecule has 0 bridgehead atoms. The first kappa shape index (κ1) is 21.3. The molecule has 1 N–H and O–H groups in total. The van der Waals surface area contributed by atoms with Crippen molar-refractivity contribution in [3.63, 3.8) is 0 Å². The Bertz CT molecular complexity index is 1040. The molecule has 0 saturated carbocycles. The molecular formula is C22H23ClN2O3S. The number of amides is 1. The van der Waals surface area contributed by atoms with Crippen molar-refractivity contribution in [3.8, 4) is 11.5 Å². The number of hydrogen-bond donors (Lipinski definition) is 1. The van der Waals surface area contributed by atoms with Gasteiger partial charge in [0.1, 0.15) is 17.0 Å². The number of ether oxygens (including phenoxy) is 2. The Balaban J connectivity index is 1.86. The number of methoxy groups -OCH3 is 2. The Hall–Kier alpha value is -2.44. The molecule has 1 atom stereocenters. The van der Waals surface area contributed by atoms with Crippen molar-refractivity contribution in [2.75, 3.05) is 19.5 Å². The second-order valence-corrected chi connectivity index (χ2v) is 8.14. The highest BCUT2D eigenvalue weighted by atomic mass is 35.5. The number of fused-ring (bicyclic) bond motifs is 1. The third-order valence-corrected chi connectivity index (χ3v) is 6.07. The standard InChI is InChI=1S/C22H23ClN2O3S/c1-5-19(22(26)24-16-12-14(23)9-10-17(16)27-3)29-20-11-13(2)15-7-6-8-18(28-4)21(15)25-20/h6-12,19H,5H2,1-4H3,(H,24,26). The zero-order valence-electron chi connectivity index (χ0n) is 16.8. The number of pyridine rings is 1. The summed E-state index contributed by atoms with van der Waals surface area (Å²) in [5.74, 6) is 1.15. The number of carbonyl (C=O) groups is 1. The molecule has 2 aromatic carbocycles. The molecule has 152 valence electrons. The van der Waals surface area contributed by atoms with Gasteiger partial charge in [0.25, 0.3) is 0 Å². The van der Waals surface area contributed by atoms with E-state index in [9.17, 15) is 4.79 Å². The van der Waals surface area contributed by atoms with Crippen molar-refractivity contribution >= 4 is 45.9 Å². The quantitative estimate of drug-likeness (QED) is 0.485. The maximum absolute atomic E-state index is 12.9. The summed E-state index contributed by atoms with van der Waals surface area (Å²) in [6.45, 7) is 4.01. The molecule has 0 fully saturated rings. The Morgan fingerprint density at radius 3 is 2.62 bits per heavy atom. The molecule has 1 aromatic heterocycles. The molecule has 1 amide bonds.